The average Bonchev–Trinajstić information content (AvgIpc) is 3.01. The Morgan fingerprint density at radius 1 is 1.42 bits per heavy atom. The summed E-state index contributed by atoms with van der Waals surface area (Å²) in [6.45, 7) is 6.45. The quantitative estimate of drug-likeness (QED) is 0.842. The van der Waals surface area contributed by atoms with Crippen molar-refractivity contribution in [1.82, 2.24) is 10.3 Å². The van der Waals surface area contributed by atoms with E-state index < -0.39 is 6.10 Å². The first-order chi connectivity index (χ1) is 11.3. The minimum atomic E-state index is -0.773. The Bertz CT molecular complexity index is 692. The molecule has 1 atom stereocenters. The third-order valence-corrected chi connectivity index (χ3v) is 4.82. The molecule has 1 aromatic heterocycles. The maximum absolute atomic E-state index is 12.0. The molecular weight excluding hydrogens is 324 g/mol. The fourth-order valence-electron chi connectivity index (χ4n) is 2.14. The molecular formula is C18H24N2O3S. The molecule has 0 radical (unpaired) electrons. The molecule has 2 N–H and O–H groups in total. The van der Waals surface area contributed by atoms with Crippen molar-refractivity contribution in [3.05, 3.63) is 45.9 Å². The standard InChI is InChI=1S/C18H24N2O3S/c1-18(2,3)17-20-13(11-24-17)9-16(22)19-10-15(21)12-6-5-7-14(8-12)23-4/h5-8,11,15,21H,9-10H2,1-4H3,(H,19,22). The highest BCUT2D eigenvalue weighted by atomic mass is 32.1. The number of hydrogen-bond donors (Lipinski definition) is 2. The molecule has 5 nitrogen and oxygen atoms in total. The molecule has 0 aliphatic carbocycles. The zero-order valence-electron chi connectivity index (χ0n) is 14.5. The molecule has 1 unspecified atom stereocenters. The van der Waals surface area contributed by atoms with Gasteiger partial charge in [-0.3, -0.25) is 4.79 Å². The number of rotatable bonds is 6. The maximum atomic E-state index is 12.0. The van der Waals surface area contributed by atoms with Crippen LogP contribution in [0.5, 0.6) is 5.75 Å². The van der Waals surface area contributed by atoms with E-state index in [1.807, 2.05) is 17.5 Å². The summed E-state index contributed by atoms with van der Waals surface area (Å²) in [5, 5.41) is 15.9. The maximum Gasteiger partial charge on any atom is 0.226 e. The molecule has 0 bridgehead atoms. The molecule has 1 heterocycles. The van der Waals surface area contributed by atoms with Gasteiger partial charge < -0.3 is 15.2 Å². The Morgan fingerprint density at radius 3 is 2.79 bits per heavy atom. The zero-order valence-corrected chi connectivity index (χ0v) is 15.3. The number of benzene rings is 1. The Hall–Kier alpha value is -1.92. The molecule has 1 amide bonds. The number of aliphatic hydroxyl groups excluding tert-OH is 1. The molecule has 0 saturated heterocycles. The molecule has 1 aromatic carbocycles. The number of carbonyl (C=O) groups excluding carboxylic acids is 1. The second-order valence-electron chi connectivity index (χ2n) is 6.67. The summed E-state index contributed by atoms with van der Waals surface area (Å²) in [5.74, 6) is 0.526. The SMILES string of the molecule is COc1cccc(C(O)CNC(=O)Cc2csc(C(C)(C)C)n2)c1. The molecule has 0 aliphatic rings. The van der Waals surface area contributed by atoms with Gasteiger partial charge >= 0.3 is 0 Å². The molecule has 0 aliphatic heterocycles. The number of hydrogen-bond acceptors (Lipinski definition) is 5. The van der Waals surface area contributed by atoms with Crippen LogP contribution in [0.2, 0.25) is 0 Å². The van der Waals surface area contributed by atoms with Crippen molar-refractivity contribution in [2.24, 2.45) is 0 Å². The lowest BCUT2D eigenvalue weighted by Crippen LogP contribution is -2.29. The second-order valence-corrected chi connectivity index (χ2v) is 7.53. The predicted molar refractivity (Wildman–Crippen MR) is 95.5 cm³/mol. The molecule has 0 fully saturated rings. The largest absolute Gasteiger partial charge is 0.497 e. The lowest BCUT2D eigenvalue weighted by Gasteiger charge is -2.14. The number of amides is 1. The number of nitrogens with zero attached hydrogens (tertiary/aromatic N) is 1. The van der Waals surface area contributed by atoms with E-state index in [4.69, 9.17) is 4.74 Å². The zero-order chi connectivity index (χ0) is 17.7. The Labute approximate surface area is 146 Å². The predicted octanol–water partition coefficient (Wildman–Crippen LogP) is 2.84. The van der Waals surface area contributed by atoms with Gasteiger partial charge in [0.1, 0.15) is 5.75 Å². The number of ether oxygens (including phenoxy) is 1. The van der Waals surface area contributed by atoms with E-state index in [-0.39, 0.29) is 24.3 Å². The Morgan fingerprint density at radius 2 is 2.17 bits per heavy atom. The molecule has 2 aromatic rings. The summed E-state index contributed by atoms with van der Waals surface area (Å²) in [6.07, 6.45) is -0.554. The molecule has 130 valence electrons. The van der Waals surface area contributed by atoms with Gasteiger partial charge in [0, 0.05) is 17.3 Å². The van der Waals surface area contributed by atoms with Crippen LogP contribution in [-0.4, -0.2) is 29.7 Å². The van der Waals surface area contributed by atoms with Gasteiger partial charge in [0.15, 0.2) is 0 Å². The van der Waals surface area contributed by atoms with Crippen LogP contribution in [0.1, 0.15) is 43.1 Å². The van der Waals surface area contributed by atoms with Crippen LogP contribution in [-0.2, 0) is 16.6 Å². The van der Waals surface area contributed by atoms with E-state index in [9.17, 15) is 9.90 Å². The third kappa shape index (κ3) is 5.04. The molecule has 0 saturated carbocycles. The van der Waals surface area contributed by atoms with Crippen LogP contribution in [0.15, 0.2) is 29.6 Å². The topological polar surface area (TPSA) is 71.5 Å². The first-order valence-electron chi connectivity index (χ1n) is 7.83. The highest BCUT2D eigenvalue weighted by molar-refractivity contribution is 7.09. The normalized spacial score (nSPS) is 12.7. The number of thiazole rings is 1. The lowest BCUT2D eigenvalue weighted by molar-refractivity contribution is -0.120. The van der Waals surface area contributed by atoms with Gasteiger partial charge in [0.05, 0.1) is 30.3 Å². The monoisotopic (exact) mass is 348 g/mol. The summed E-state index contributed by atoms with van der Waals surface area (Å²) < 4.78 is 5.13. The van der Waals surface area contributed by atoms with E-state index in [2.05, 4.69) is 31.1 Å². The van der Waals surface area contributed by atoms with Crippen LogP contribution in [0.3, 0.4) is 0 Å². The number of aliphatic hydroxyl groups is 1. The van der Waals surface area contributed by atoms with E-state index in [0.717, 1.165) is 10.7 Å². The van der Waals surface area contributed by atoms with Gasteiger partial charge in [-0.15, -0.1) is 11.3 Å². The first kappa shape index (κ1) is 18.4. The van der Waals surface area contributed by atoms with Crippen molar-refractivity contribution in [3.63, 3.8) is 0 Å². The van der Waals surface area contributed by atoms with Gasteiger partial charge in [-0.05, 0) is 17.7 Å². The summed E-state index contributed by atoms with van der Waals surface area (Å²) in [5.41, 5.74) is 1.46. The van der Waals surface area contributed by atoms with Crippen LogP contribution in [0.4, 0.5) is 0 Å². The third-order valence-electron chi connectivity index (χ3n) is 3.51. The minimum Gasteiger partial charge on any atom is -0.497 e. The highest BCUT2D eigenvalue weighted by Crippen LogP contribution is 2.25. The van der Waals surface area contributed by atoms with Crippen molar-refractivity contribution in [2.45, 2.75) is 38.7 Å². The summed E-state index contributed by atoms with van der Waals surface area (Å²) in [6, 6.07) is 7.18. The van der Waals surface area contributed by atoms with Gasteiger partial charge in [-0.1, -0.05) is 32.9 Å². The van der Waals surface area contributed by atoms with E-state index >= 15 is 0 Å². The second kappa shape index (κ2) is 7.77. The van der Waals surface area contributed by atoms with Crippen LogP contribution < -0.4 is 10.1 Å². The molecule has 6 heteroatoms. The van der Waals surface area contributed by atoms with Gasteiger partial charge in [-0.25, -0.2) is 4.98 Å². The van der Waals surface area contributed by atoms with Crippen LogP contribution in [0.25, 0.3) is 0 Å². The number of nitrogens with one attached hydrogen (secondary N) is 1. The number of aromatic nitrogens is 1. The van der Waals surface area contributed by atoms with Crippen molar-refractivity contribution in [2.75, 3.05) is 13.7 Å². The minimum absolute atomic E-state index is 0.0120. The van der Waals surface area contributed by atoms with Crippen LogP contribution >= 0.6 is 11.3 Å². The molecule has 2 rings (SSSR count). The van der Waals surface area contributed by atoms with E-state index in [1.165, 1.54) is 0 Å². The van der Waals surface area contributed by atoms with Crippen molar-refractivity contribution >= 4 is 17.2 Å². The molecule has 0 spiro atoms. The summed E-state index contributed by atoms with van der Waals surface area (Å²) in [7, 11) is 1.58. The van der Waals surface area contributed by atoms with Gasteiger partial charge in [0.2, 0.25) is 5.91 Å². The number of carbonyl (C=O) groups is 1. The van der Waals surface area contributed by atoms with Crippen LogP contribution in [0, 0.1) is 0 Å². The van der Waals surface area contributed by atoms with Gasteiger partial charge in [-0.2, -0.15) is 0 Å². The summed E-state index contributed by atoms with van der Waals surface area (Å²) >= 11 is 1.57. The fraction of sp³-hybridized carbons (Fsp3) is 0.444. The smallest absolute Gasteiger partial charge is 0.226 e. The Kier molecular flexibility index (Phi) is 5.96. The van der Waals surface area contributed by atoms with Crippen molar-refractivity contribution in [3.8, 4) is 5.75 Å². The van der Waals surface area contributed by atoms with Gasteiger partial charge in [0.25, 0.3) is 0 Å². The van der Waals surface area contributed by atoms with E-state index in [1.54, 1.807) is 30.6 Å². The first-order valence-corrected chi connectivity index (χ1v) is 8.71. The Balaban J connectivity index is 1.87. The molecule has 24 heavy (non-hydrogen) atoms. The van der Waals surface area contributed by atoms with E-state index in [0.29, 0.717) is 11.3 Å². The fourth-order valence-corrected chi connectivity index (χ4v) is 3.04. The highest BCUT2D eigenvalue weighted by Gasteiger charge is 2.19. The number of methoxy groups -OCH3 is 1. The lowest BCUT2D eigenvalue weighted by atomic mass is 9.98. The summed E-state index contributed by atoms with van der Waals surface area (Å²) in [4.78, 5) is 16.6. The average molecular weight is 348 g/mol. The van der Waals surface area contributed by atoms with Crippen molar-refractivity contribution in [1.29, 1.82) is 0 Å². The van der Waals surface area contributed by atoms with Crippen molar-refractivity contribution < 1.29 is 14.6 Å².